The smallest absolute Gasteiger partial charge is 0.255 e. The number of aliphatic hydroxyl groups is 1. The highest BCUT2D eigenvalue weighted by atomic mass is 19.1. The van der Waals surface area contributed by atoms with E-state index < -0.39 is 11.7 Å². The van der Waals surface area contributed by atoms with Crippen LogP contribution in [0, 0.1) is 5.82 Å². The Morgan fingerprint density at radius 3 is 2.76 bits per heavy atom. The van der Waals surface area contributed by atoms with Crippen LogP contribution >= 0.6 is 0 Å². The van der Waals surface area contributed by atoms with Crippen LogP contribution in [-0.4, -0.2) is 57.2 Å². The van der Waals surface area contributed by atoms with Gasteiger partial charge in [0, 0.05) is 12.1 Å². The van der Waals surface area contributed by atoms with Gasteiger partial charge in [-0.25, -0.2) is 19.0 Å². The number of hydrogen-bond donors (Lipinski definition) is 3. The lowest BCUT2D eigenvalue weighted by molar-refractivity contribution is -0.0403. The lowest BCUT2D eigenvalue weighted by Crippen LogP contribution is -2.30. The number of benzene rings is 2. The van der Waals surface area contributed by atoms with E-state index >= 15 is 0 Å². The molecule has 0 radical (unpaired) electrons. The van der Waals surface area contributed by atoms with Crippen molar-refractivity contribution in [2.45, 2.75) is 31.5 Å². The summed E-state index contributed by atoms with van der Waals surface area (Å²) in [5.41, 5.74) is 9.29. The molecule has 3 heterocycles. The first kappa shape index (κ1) is 24.6. The zero-order valence-electron chi connectivity index (χ0n) is 20.2. The number of carbonyl (C=O) groups is 1. The van der Waals surface area contributed by atoms with E-state index in [1.54, 1.807) is 0 Å². The van der Waals surface area contributed by atoms with E-state index in [1.807, 2.05) is 28.9 Å². The number of halogens is 1. The van der Waals surface area contributed by atoms with Gasteiger partial charge in [0.05, 0.1) is 43.4 Å². The van der Waals surface area contributed by atoms with Crippen molar-refractivity contribution in [3.63, 3.8) is 0 Å². The number of carbonyl (C=O) groups excluding carboxylic acids is 1. The van der Waals surface area contributed by atoms with Crippen LogP contribution in [0.15, 0.2) is 48.8 Å². The molecule has 1 aliphatic heterocycles. The quantitative estimate of drug-likeness (QED) is 0.348. The number of nitrogens with zero attached hydrogens (tertiary/aromatic N) is 4. The largest absolute Gasteiger partial charge is 0.496 e. The number of anilines is 1. The van der Waals surface area contributed by atoms with Crippen molar-refractivity contribution in [3.8, 4) is 17.0 Å². The molecule has 4 aromatic rings. The van der Waals surface area contributed by atoms with Crippen LogP contribution < -0.4 is 15.8 Å². The van der Waals surface area contributed by atoms with E-state index in [4.69, 9.17) is 20.3 Å². The maximum absolute atomic E-state index is 13.6. The second kappa shape index (κ2) is 10.5. The lowest BCUT2D eigenvalue weighted by atomic mass is 10.1. The summed E-state index contributed by atoms with van der Waals surface area (Å²) in [6.07, 6.45) is 2.77. The molecule has 192 valence electrons. The van der Waals surface area contributed by atoms with Crippen LogP contribution in [-0.2, 0) is 11.3 Å². The van der Waals surface area contributed by atoms with Crippen LogP contribution in [0.5, 0.6) is 5.75 Å². The van der Waals surface area contributed by atoms with Gasteiger partial charge in [-0.15, -0.1) is 0 Å². The van der Waals surface area contributed by atoms with Crippen LogP contribution in [0.1, 0.15) is 34.8 Å². The lowest BCUT2D eigenvalue weighted by Gasteiger charge is -2.28. The van der Waals surface area contributed by atoms with E-state index in [-0.39, 0.29) is 30.9 Å². The molecule has 0 aliphatic carbocycles. The Morgan fingerprint density at radius 2 is 2.05 bits per heavy atom. The minimum atomic E-state index is -0.516. The van der Waals surface area contributed by atoms with E-state index in [9.17, 15) is 14.3 Å². The zero-order chi connectivity index (χ0) is 25.9. The Kier molecular flexibility index (Phi) is 6.97. The minimum Gasteiger partial charge on any atom is -0.496 e. The number of fused-ring (bicyclic) bond motifs is 1. The number of nitrogens with two attached hydrogens (primary N) is 1. The molecule has 11 heteroatoms. The highest BCUT2D eigenvalue weighted by Crippen LogP contribution is 2.34. The Morgan fingerprint density at radius 1 is 1.24 bits per heavy atom. The van der Waals surface area contributed by atoms with E-state index in [0.29, 0.717) is 34.9 Å². The van der Waals surface area contributed by atoms with E-state index in [1.165, 1.54) is 25.6 Å². The molecule has 1 fully saturated rings. The number of amides is 1. The topological polar surface area (TPSA) is 137 Å². The van der Waals surface area contributed by atoms with Crippen molar-refractivity contribution in [2.75, 3.05) is 26.1 Å². The van der Waals surface area contributed by atoms with Gasteiger partial charge in [0.25, 0.3) is 5.91 Å². The van der Waals surface area contributed by atoms with Crippen molar-refractivity contribution < 1.29 is 23.8 Å². The highest BCUT2D eigenvalue weighted by molar-refractivity contribution is 5.98. The Balaban J connectivity index is 1.36. The molecule has 1 saturated heterocycles. The predicted octanol–water partition coefficient (Wildman–Crippen LogP) is 2.87. The summed E-state index contributed by atoms with van der Waals surface area (Å²) in [4.78, 5) is 21.2. The molecular formula is C26H27FN6O4. The van der Waals surface area contributed by atoms with Crippen LogP contribution in [0.2, 0.25) is 0 Å². The van der Waals surface area contributed by atoms with Crippen molar-refractivity contribution >= 4 is 22.8 Å². The molecule has 2 unspecified atom stereocenters. The van der Waals surface area contributed by atoms with Crippen molar-refractivity contribution in [3.05, 3.63) is 65.7 Å². The monoisotopic (exact) mass is 506 g/mol. The summed E-state index contributed by atoms with van der Waals surface area (Å²) in [5.74, 6) is -0.324. The average Bonchev–Trinajstić information content (AvgIpc) is 3.33. The van der Waals surface area contributed by atoms with Crippen LogP contribution in [0.3, 0.4) is 0 Å². The molecule has 2 aromatic carbocycles. The molecular weight excluding hydrogens is 479 g/mol. The molecule has 10 nitrogen and oxygen atoms in total. The Labute approximate surface area is 212 Å². The molecule has 0 bridgehead atoms. The first-order valence-corrected chi connectivity index (χ1v) is 11.9. The first-order chi connectivity index (χ1) is 18.0. The fourth-order valence-corrected chi connectivity index (χ4v) is 4.50. The number of ether oxygens (including phenoxy) is 2. The molecule has 37 heavy (non-hydrogen) atoms. The molecule has 1 aliphatic rings. The number of nitrogen functional groups attached to an aromatic ring is 1. The van der Waals surface area contributed by atoms with Gasteiger partial charge in [0.15, 0.2) is 5.65 Å². The summed E-state index contributed by atoms with van der Waals surface area (Å²) in [6, 6.07) is 11.3. The third kappa shape index (κ3) is 4.95. The standard InChI is InChI=1S/C26H27FN6O4/c1-36-21-9-6-17(27)10-20(21)26(35)29-11-15-2-4-16(5-3-15)23-22-24(28)30-14-31-25(22)33(32-23)18-7-8-19(12-34)37-13-18/h2-6,9-10,14,18-19,34H,7-8,11-13H2,1H3,(H,29,35)(H2,28,30,31). The SMILES string of the molecule is COc1ccc(F)cc1C(=O)NCc1ccc(-c2nn(C3CCC(CO)OC3)c3ncnc(N)c23)cc1. The molecule has 2 aromatic heterocycles. The molecule has 0 spiro atoms. The van der Waals surface area contributed by atoms with Gasteiger partial charge in [0.2, 0.25) is 0 Å². The Hall–Kier alpha value is -4.09. The summed E-state index contributed by atoms with van der Waals surface area (Å²) in [5, 5.41) is 17.7. The van der Waals surface area contributed by atoms with Crippen molar-refractivity contribution in [2.24, 2.45) is 0 Å². The number of hydrogen-bond acceptors (Lipinski definition) is 8. The molecule has 0 saturated carbocycles. The third-order valence-corrected chi connectivity index (χ3v) is 6.50. The number of aliphatic hydroxyl groups excluding tert-OH is 1. The number of aromatic nitrogens is 4. The second-order valence-electron chi connectivity index (χ2n) is 8.84. The highest BCUT2D eigenvalue weighted by Gasteiger charge is 2.27. The molecule has 4 N–H and O–H groups in total. The van der Waals surface area contributed by atoms with Crippen LogP contribution in [0.25, 0.3) is 22.3 Å². The third-order valence-electron chi connectivity index (χ3n) is 6.50. The Bertz CT molecular complexity index is 1420. The van der Waals surface area contributed by atoms with E-state index in [2.05, 4.69) is 15.3 Å². The van der Waals surface area contributed by atoms with Gasteiger partial charge in [-0.05, 0) is 36.6 Å². The van der Waals surface area contributed by atoms with Gasteiger partial charge >= 0.3 is 0 Å². The predicted molar refractivity (Wildman–Crippen MR) is 134 cm³/mol. The average molecular weight is 507 g/mol. The number of rotatable bonds is 7. The maximum Gasteiger partial charge on any atom is 0.255 e. The van der Waals surface area contributed by atoms with E-state index in [0.717, 1.165) is 30.0 Å². The number of methoxy groups -OCH3 is 1. The molecule has 5 rings (SSSR count). The summed E-state index contributed by atoms with van der Waals surface area (Å²) >= 11 is 0. The van der Waals surface area contributed by atoms with Gasteiger partial charge in [0.1, 0.15) is 29.4 Å². The second-order valence-corrected chi connectivity index (χ2v) is 8.84. The van der Waals surface area contributed by atoms with Gasteiger partial charge in [-0.2, -0.15) is 5.10 Å². The maximum atomic E-state index is 13.6. The summed E-state index contributed by atoms with van der Waals surface area (Å²) in [6.45, 7) is 0.653. The fourth-order valence-electron chi connectivity index (χ4n) is 4.50. The number of nitrogens with one attached hydrogen (secondary N) is 1. The molecule has 2 atom stereocenters. The van der Waals surface area contributed by atoms with Crippen molar-refractivity contribution in [1.82, 2.24) is 25.1 Å². The summed E-state index contributed by atoms with van der Waals surface area (Å²) < 4.78 is 26.4. The van der Waals surface area contributed by atoms with Gasteiger partial charge in [-0.1, -0.05) is 24.3 Å². The normalized spacial score (nSPS) is 17.6. The first-order valence-electron chi connectivity index (χ1n) is 11.9. The fraction of sp³-hybridized carbons (Fsp3) is 0.308. The molecule has 1 amide bonds. The zero-order valence-corrected chi connectivity index (χ0v) is 20.2. The van der Waals surface area contributed by atoms with Crippen molar-refractivity contribution in [1.29, 1.82) is 0 Å². The van der Waals surface area contributed by atoms with Crippen LogP contribution in [0.4, 0.5) is 10.2 Å². The summed E-state index contributed by atoms with van der Waals surface area (Å²) in [7, 11) is 1.43. The van der Waals surface area contributed by atoms with Gasteiger partial charge < -0.3 is 25.6 Å². The van der Waals surface area contributed by atoms with Gasteiger partial charge in [-0.3, -0.25) is 4.79 Å². The minimum absolute atomic E-state index is 0.00444.